The number of methoxy groups -OCH3 is 1. The first-order valence-corrected chi connectivity index (χ1v) is 6.28. The zero-order valence-electron chi connectivity index (χ0n) is 10.7. The van der Waals surface area contributed by atoms with Crippen molar-refractivity contribution in [3.8, 4) is 5.75 Å². The first kappa shape index (κ1) is 11.6. The maximum atomic E-state index is 5.87. The van der Waals surface area contributed by atoms with Gasteiger partial charge in [0.05, 0.1) is 19.8 Å². The highest BCUT2D eigenvalue weighted by molar-refractivity contribution is 5.91. The van der Waals surface area contributed by atoms with E-state index in [1.54, 1.807) is 7.11 Å². The molecular weight excluding hydrogens is 228 g/mol. The number of aromatic amines is 1. The molecular formula is C14H18N2O2. The Morgan fingerprint density at radius 2 is 2.28 bits per heavy atom. The first-order chi connectivity index (χ1) is 8.81. The third kappa shape index (κ3) is 1.78. The molecule has 3 rings (SSSR count). The number of hydrogen-bond acceptors (Lipinski definition) is 3. The molecule has 18 heavy (non-hydrogen) atoms. The van der Waals surface area contributed by atoms with Crippen LogP contribution in [-0.4, -0.2) is 31.8 Å². The van der Waals surface area contributed by atoms with Gasteiger partial charge in [-0.2, -0.15) is 0 Å². The number of rotatable bonds is 2. The van der Waals surface area contributed by atoms with Crippen molar-refractivity contribution in [3.05, 3.63) is 29.5 Å². The second-order valence-electron chi connectivity index (χ2n) is 4.61. The Morgan fingerprint density at radius 3 is 3.00 bits per heavy atom. The van der Waals surface area contributed by atoms with Gasteiger partial charge >= 0.3 is 0 Å². The van der Waals surface area contributed by atoms with Gasteiger partial charge in [0.1, 0.15) is 5.75 Å². The third-order valence-corrected chi connectivity index (χ3v) is 3.49. The van der Waals surface area contributed by atoms with E-state index >= 15 is 0 Å². The summed E-state index contributed by atoms with van der Waals surface area (Å²) >= 11 is 0. The topological polar surface area (TPSA) is 46.3 Å². The third-order valence-electron chi connectivity index (χ3n) is 3.49. The van der Waals surface area contributed by atoms with E-state index in [0.717, 1.165) is 42.0 Å². The maximum absolute atomic E-state index is 5.87. The molecule has 0 radical (unpaired) electrons. The second kappa shape index (κ2) is 4.63. The first-order valence-electron chi connectivity index (χ1n) is 6.28. The van der Waals surface area contributed by atoms with Crippen molar-refractivity contribution < 1.29 is 9.47 Å². The molecule has 2 heterocycles. The number of morpholine rings is 1. The number of hydrogen-bond donors (Lipinski definition) is 2. The Morgan fingerprint density at radius 1 is 1.39 bits per heavy atom. The van der Waals surface area contributed by atoms with E-state index in [-0.39, 0.29) is 6.10 Å². The summed E-state index contributed by atoms with van der Waals surface area (Å²) in [5.74, 6) is 0.904. The molecule has 1 saturated heterocycles. The van der Waals surface area contributed by atoms with Crippen LogP contribution in [-0.2, 0) is 4.74 Å². The fraction of sp³-hybridized carbons (Fsp3) is 0.429. The van der Waals surface area contributed by atoms with E-state index < -0.39 is 0 Å². The summed E-state index contributed by atoms with van der Waals surface area (Å²) in [6.45, 7) is 4.62. The molecule has 0 saturated carbocycles. The Bertz CT molecular complexity index is 556. The summed E-state index contributed by atoms with van der Waals surface area (Å²) in [5.41, 5.74) is 3.48. The smallest absolute Gasteiger partial charge is 0.128 e. The van der Waals surface area contributed by atoms with E-state index in [9.17, 15) is 0 Å². The van der Waals surface area contributed by atoms with Gasteiger partial charge in [-0.15, -0.1) is 0 Å². The molecule has 1 aromatic heterocycles. The number of fused-ring (bicyclic) bond motifs is 1. The van der Waals surface area contributed by atoms with Crippen LogP contribution in [0, 0.1) is 6.92 Å². The van der Waals surface area contributed by atoms with Crippen LogP contribution >= 0.6 is 0 Å². The van der Waals surface area contributed by atoms with Gasteiger partial charge in [-0.3, -0.25) is 0 Å². The van der Waals surface area contributed by atoms with Crippen molar-refractivity contribution in [1.82, 2.24) is 10.3 Å². The largest absolute Gasteiger partial charge is 0.496 e. The normalized spacial score (nSPS) is 20.2. The minimum absolute atomic E-state index is 0.101. The van der Waals surface area contributed by atoms with Crippen LogP contribution in [0.25, 0.3) is 10.9 Å². The SMILES string of the molecule is COc1cccc2[nH]c(C)c(C3CNCCO3)c12. The Labute approximate surface area is 106 Å². The molecule has 0 amide bonds. The summed E-state index contributed by atoms with van der Waals surface area (Å²) in [7, 11) is 1.71. The van der Waals surface area contributed by atoms with Gasteiger partial charge in [0, 0.05) is 35.2 Å². The molecule has 96 valence electrons. The van der Waals surface area contributed by atoms with Crippen LogP contribution < -0.4 is 10.1 Å². The van der Waals surface area contributed by atoms with Gasteiger partial charge < -0.3 is 19.8 Å². The van der Waals surface area contributed by atoms with Crippen LogP contribution in [0.15, 0.2) is 18.2 Å². The molecule has 1 unspecified atom stereocenters. The molecule has 1 fully saturated rings. The minimum Gasteiger partial charge on any atom is -0.496 e. The van der Waals surface area contributed by atoms with E-state index in [4.69, 9.17) is 9.47 Å². The fourth-order valence-electron chi connectivity index (χ4n) is 2.69. The Balaban J connectivity index is 2.17. The predicted octanol–water partition coefficient (Wildman–Crippen LogP) is 2.15. The van der Waals surface area contributed by atoms with Gasteiger partial charge in [0.2, 0.25) is 0 Å². The van der Waals surface area contributed by atoms with Crippen molar-refractivity contribution in [2.75, 3.05) is 26.8 Å². The van der Waals surface area contributed by atoms with Crippen molar-refractivity contribution in [2.24, 2.45) is 0 Å². The summed E-state index contributed by atoms with van der Waals surface area (Å²) in [5, 5.41) is 4.52. The lowest BCUT2D eigenvalue weighted by molar-refractivity contribution is 0.0282. The number of H-pyrrole nitrogens is 1. The molecule has 0 spiro atoms. The van der Waals surface area contributed by atoms with Crippen LogP contribution in [0.1, 0.15) is 17.4 Å². The number of aryl methyl sites for hydroxylation is 1. The van der Waals surface area contributed by atoms with Crippen LogP contribution in [0.3, 0.4) is 0 Å². The van der Waals surface area contributed by atoms with Gasteiger partial charge in [0.25, 0.3) is 0 Å². The molecule has 4 heteroatoms. The molecule has 2 N–H and O–H groups in total. The molecule has 1 aliphatic rings. The summed E-state index contributed by atoms with van der Waals surface area (Å²) < 4.78 is 11.3. The van der Waals surface area contributed by atoms with E-state index in [1.165, 1.54) is 5.56 Å². The Hall–Kier alpha value is -1.52. The lowest BCUT2D eigenvalue weighted by atomic mass is 10.0. The fourth-order valence-corrected chi connectivity index (χ4v) is 2.69. The lowest BCUT2D eigenvalue weighted by Crippen LogP contribution is -2.33. The zero-order valence-corrected chi connectivity index (χ0v) is 10.7. The van der Waals surface area contributed by atoms with Crippen LogP contribution in [0.2, 0.25) is 0 Å². The predicted molar refractivity (Wildman–Crippen MR) is 71.2 cm³/mol. The van der Waals surface area contributed by atoms with Gasteiger partial charge in [-0.25, -0.2) is 0 Å². The minimum atomic E-state index is 0.101. The van der Waals surface area contributed by atoms with Crippen molar-refractivity contribution >= 4 is 10.9 Å². The molecule has 1 aromatic carbocycles. The molecule has 0 aliphatic carbocycles. The lowest BCUT2D eigenvalue weighted by Gasteiger charge is -2.24. The molecule has 2 aromatic rings. The quantitative estimate of drug-likeness (QED) is 0.853. The standard InChI is InChI=1S/C14H18N2O2/c1-9-13(12-8-15-6-7-18-12)14-10(16-9)4-3-5-11(14)17-2/h3-5,12,15-16H,6-8H2,1-2H3. The number of benzene rings is 1. The summed E-state index contributed by atoms with van der Waals surface area (Å²) in [4.78, 5) is 3.41. The van der Waals surface area contributed by atoms with Crippen molar-refractivity contribution in [2.45, 2.75) is 13.0 Å². The number of aromatic nitrogens is 1. The van der Waals surface area contributed by atoms with E-state index in [0.29, 0.717) is 0 Å². The highest BCUT2D eigenvalue weighted by Crippen LogP contribution is 2.36. The number of ether oxygens (including phenoxy) is 2. The van der Waals surface area contributed by atoms with Crippen molar-refractivity contribution in [3.63, 3.8) is 0 Å². The van der Waals surface area contributed by atoms with Gasteiger partial charge in [0.15, 0.2) is 0 Å². The summed E-state index contributed by atoms with van der Waals surface area (Å²) in [6.07, 6.45) is 0.101. The van der Waals surface area contributed by atoms with Crippen molar-refractivity contribution in [1.29, 1.82) is 0 Å². The van der Waals surface area contributed by atoms with Gasteiger partial charge in [-0.1, -0.05) is 6.07 Å². The highest BCUT2D eigenvalue weighted by Gasteiger charge is 2.23. The monoisotopic (exact) mass is 246 g/mol. The Kier molecular flexibility index (Phi) is 2.97. The highest BCUT2D eigenvalue weighted by atomic mass is 16.5. The van der Waals surface area contributed by atoms with Crippen LogP contribution in [0.4, 0.5) is 0 Å². The molecule has 0 bridgehead atoms. The summed E-state index contributed by atoms with van der Waals surface area (Å²) in [6, 6.07) is 6.07. The average Bonchev–Trinajstić information content (AvgIpc) is 2.75. The second-order valence-corrected chi connectivity index (χ2v) is 4.61. The number of nitrogens with one attached hydrogen (secondary N) is 2. The van der Waals surface area contributed by atoms with Gasteiger partial charge in [-0.05, 0) is 19.1 Å². The zero-order chi connectivity index (χ0) is 12.5. The molecule has 4 nitrogen and oxygen atoms in total. The molecule has 1 atom stereocenters. The van der Waals surface area contributed by atoms with E-state index in [1.807, 2.05) is 12.1 Å². The van der Waals surface area contributed by atoms with E-state index in [2.05, 4.69) is 23.3 Å². The molecule has 1 aliphatic heterocycles. The van der Waals surface area contributed by atoms with Crippen LogP contribution in [0.5, 0.6) is 5.75 Å². The maximum Gasteiger partial charge on any atom is 0.128 e. The average molecular weight is 246 g/mol.